The van der Waals surface area contributed by atoms with Crippen molar-refractivity contribution in [3.63, 3.8) is 0 Å². The summed E-state index contributed by atoms with van der Waals surface area (Å²) < 4.78 is 24.1. The van der Waals surface area contributed by atoms with E-state index in [1.807, 2.05) is 22.6 Å². The molecule has 0 saturated carbocycles. The third kappa shape index (κ3) is 5.70. The number of anilines is 3. The summed E-state index contributed by atoms with van der Waals surface area (Å²) in [5.41, 5.74) is 4.56. The maximum atomic E-state index is 12.5. The Labute approximate surface area is 269 Å². The molecule has 1 N–H and O–H groups in total. The molecule has 2 aromatic carbocycles. The molecule has 0 bridgehead atoms. The maximum absolute atomic E-state index is 12.5. The van der Waals surface area contributed by atoms with Gasteiger partial charge in [-0.2, -0.15) is 4.98 Å². The first-order valence-corrected chi connectivity index (χ1v) is 14.8. The number of pyridine rings is 1. The average molecular weight is 650 g/mol. The number of methoxy groups -OCH3 is 3. The topological polar surface area (TPSA) is 112 Å². The number of hydrogen-bond acceptors (Lipinski definition) is 10. The van der Waals surface area contributed by atoms with Crippen molar-refractivity contribution in [2.24, 2.45) is 0 Å². The molecule has 3 aromatic heterocycles. The van der Waals surface area contributed by atoms with Crippen LogP contribution in [0.15, 0.2) is 55.5 Å². The van der Waals surface area contributed by atoms with Crippen LogP contribution >= 0.6 is 23.2 Å². The summed E-state index contributed by atoms with van der Waals surface area (Å²) in [4.78, 5) is 28.8. The Morgan fingerprint density at radius 1 is 1.00 bits per heavy atom. The van der Waals surface area contributed by atoms with Crippen molar-refractivity contribution in [1.82, 2.24) is 19.4 Å². The number of ketones is 1. The molecule has 232 valence electrons. The van der Waals surface area contributed by atoms with Crippen LogP contribution in [0.5, 0.6) is 17.2 Å². The molecule has 1 aliphatic rings. The lowest BCUT2D eigenvalue weighted by molar-refractivity contribution is -0.114. The summed E-state index contributed by atoms with van der Waals surface area (Å²) in [5, 5.41) is 4.65. The molecule has 0 spiro atoms. The number of carbonyl (C=O) groups is 1. The fourth-order valence-corrected chi connectivity index (χ4v) is 6.12. The van der Waals surface area contributed by atoms with Crippen LogP contribution in [0.1, 0.15) is 5.56 Å². The Kier molecular flexibility index (Phi) is 8.66. The number of hydrogen-bond donors (Lipinski definition) is 1. The lowest BCUT2D eigenvalue weighted by atomic mass is 10.0. The standard InChI is InChI=1S/C32H30Cl2N6O5/c1-5-21(41)13-18-12-20(39-8-10-45-11-9-39)15-25(44-4)29(18)37-32-36-17-19-14-22(31-35-6-7-40(31)30(19)38-32)26-27(33)23(42-2)16-24(43-3)28(26)34/h5-7,12,14-17H,1,8-11,13H2,2-4H3,(H,36,37,38). The van der Waals surface area contributed by atoms with Crippen LogP contribution in [-0.2, 0) is 16.0 Å². The van der Waals surface area contributed by atoms with Crippen LogP contribution in [0.25, 0.3) is 27.8 Å². The molecule has 45 heavy (non-hydrogen) atoms. The van der Waals surface area contributed by atoms with Crippen molar-refractivity contribution in [1.29, 1.82) is 0 Å². The second kappa shape index (κ2) is 12.8. The van der Waals surface area contributed by atoms with Gasteiger partial charge in [0.25, 0.3) is 0 Å². The van der Waals surface area contributed by atoms with Crippen LogP contribution in [0.4, 0.5) is 17.3 Å². The van der Waals surface area contributed by atoms with Gasteiger partial charge in [0.1, 0.15) is 22.9 Å². The Bertz CT molecular complexity index is 1910. The molecule has 1 saturated heterocycles. The number of carbonyl (C=O) groups excluding carboxylic acids is 1. The van der Waals surface area contributed by atoms with Crippen LogP contribution in [0, 0.1) is 0 Å². The van der Waals surface area contributed by atoms with E-state index in [2.05, 4.69) is 26.8 Å². The summed E-state index contributed by atoms with van der Waals surface area (Å²) in [6.07, 6.45) is 6.58. The van der Waals surface area contributed by atoms with Gasteiger partial charge >= 0.3 is 0 Å². The summed E-state index contributed by atoms with van der Waals surface area (Å²) in [6.45, 7) is 6.38. The molecular weight excluding hydrogens is 619 g/mol. The predicted octanol–water partition coefficient (Wildman–Crippen LogP) is 6.15. The number of fused-ring (bicyclic) bond motifs is 3. The van der Waals surface area contributed by atoms with Gasteiger partial charge < -0.3 is 29.2 Å². The highest BCUT2D eigenvalue weighted by Gasteiger charge is 2.24. The van der Waals surface area contributed by atoms with Crippen molar-refractivity contribution in [2.75, 3.05) is 57.8 Å². The molecule has 5 aromatic rings. The molecule has 0 aliphatic carbocycles. The van der Waals surface area contributed by atoms with Crippen molar-refractivity contribution in [3.05, 3.63) is 71.1 Å². The summed E-state index contributed by atoms with van der Waals surface area (Å²) in [5.74, 6) is 1.54. The van der Waals surface area contributed by atoms with E-state index in [1.165, 1.54) is 20.3 Å². The third-order valence-electron chi connectivity index (χ3n) is 7.64. The molecule has 11 nitrogen and oxygen atoms in total. The summed E-state index contributed by atoms with van der Waals surface area (Å²) in [7, 11) is 4.64. The smallest absolute Gasteiger partial charge is 0.229 e. The Morgan fingerprint density at radius 2 is 1.71 bits per heavy atom. The normalized spacial score (nSPS) is 13.2. The second-order valence-electron chi connectivity index (χ2n) is 10.2. The van der Waals surface area contributed by atoms with Gasteiger partial charge in [-0.3, -0.25) is 9.20 Å². The van der Waals surface area contributed by atoms with E-state index in [4.69, 9.17) is 47.1 Å². The van der Waals surface area contributed by atoms with Crippen LogP contribution in [-0.4, -0.2) is 72.8 Å². The quantitative estimate of drug-likeness (QED) is 0.177. The number of morpholine rings is 1. The van der Waals surface area contributed by atoms with E-state index in [9.17, 15) is 4.79 Å². The number of nitrogens with zero attached hydrogens (tertiary/aromatic N) is 5. The number of imidazole rings is 1. The third-order valence-corrected chi connectivity index (χ3v) is 8.39. The Hall–Kier alpha value is -4.58. The molecular formula is C32H30Cl2N6O5. The number of rotatable bonds is 10. The van der Waals surface area contributed by atoms with Crippen LogP contribution in [0.3, 0.4) is 0 Å². The van der Waals surface area contributed by atoms with E-state index in [1.54, 1.807) is 31.8 Å². The van der Waals surface area contributed by atoms with E-state index in [0.717, 1.165) is 24.3 Å². The predicted molar refractivity (Wildman–Crippen MR) is 175 cm³/mol. The molecule has 1 aliphatic heterocycles. The fourth-order valence-electron chi connectivity index (χ4n) is 5.41. The average Bonchev–Trinajstić information content (AvgIpc) is 3.57. The zero-order valence-corrected chi connectivity index (χ0v) is 26.4. The first-order valence-electron chi connectivity index (χ1n) is 14.1. The maximum Gasteiger partial charge on any atom is 0.229 e. The monoisotopic (exact) mass is 648 g/mol. The van der Waals surface area contributed by atoms with Crippen molar-refractivity contribution < 1.29 is 23.7 Å². The lowest BCUT2D eigenvalue weighted by Gasteiger charge is -2.30. The largest absolute Gasteiger partial charge is 0.495 e. The SMILES string of the molecule is C=CC(=O)Cc1cc(N2CCOCC2)cc(OC)c1Nc1ncc2cc(-c3c(Cl)c(OC)cc(OC)c3Cl)c3nccn3c2n1. The van der Waals surface area contributed by atoms with Crippen molar-refractivity contribution >= 4 is 63.0 Å². The number of ether oxygens (including phenoxy) is 4. The first kappa shape index (κ1) is 30.4. The van der Waals surface area contributed by atoms with Gasteiger partial charge in [0.2, 0.25) is 5.95 Å². The zero-order chi connectivity index (χ0) is 31.7. The van der Waals surface area contributed by atoms with Crippen LogP contribution in [0.2, 0.25) is 10.0 Å². The fraction of sp³-hybridized carbons (Fsp3) is 0.250. The van der Waals surface area contributed by atoms with Gasteiger partial charge in [0, 0.05) is 72.4 Å². The van der Waals surface area contributed by atoms with E-state index in [0.29, 0.717) is 80.0 Å². The van der Waals surface area contributed by atoms with E-state index >= 15 is 0 Å². The summed E-state index contributed by atoms with van der Waals surface area (Å²) in [6, 6.07) is 7.43. The van der Waals surface area contributed by atoms with Crippen LogP contribution < -0.4 is 24.4 Å². The Balaban J connectivity index is 1.46. The lowest BCUT2D eigenvalue weighted by Crippen LogP contribution is -2.36. The molecule has 6 rings (SSSR count). The number of benzene rings is 2. The second-order valence-corrected chi connectivity index (χ2v) is 10.9. The summed E-state index contributed by atoms with van der Waals surface area (Å²) >= 11 is 13.5. The van der Waals surface area contributed by atoms with Gasteiger partial charge in [0.05, 0.1) is 50.3 Å². The molecule has 4 heterocycles. The number of nitrogens with one attached hydrogen (secondary N) is 1. The minimum atomic E-state index is -0.127. The van der Waals surface area contributed by atoms with Gasteiger partial charge in [-0.1, -0.05) is 29.8 Å². The van der Waals surface area contributed by atoms with E-state index in [-0.39, 0.29) is 12.2 Å². The molecule has 0 amide bonds. The highest BCUT2D eigenvalue weighted by atomic mass is 35.5. The van der Waals surface area contributed by atoms with E-state index < -0.39 is 0 Å². The number of allylic oxidation sites excluding steroid dienone is 1. The molecule has 1 fully saturated rings. The van der Waals surface area contributed by atoms with Crippen molar-refractivity contribution in [3.8, 4) is 28.4 Å². The van der Waals surface area contributed by atoms with Gasteiger partial charge in [-0.05, 0) is 23.8 Å². The van der Waals surface area contributed by atoms with Gasteiger partial charge in [-0.15, -0.1) is 0 Å². The molecule has 0 atom stereocenters. The number of halogens is 2. The minimum absolute atomic E-state index is 0.120. The number of aromatic nitrogens is 4. The Morgan fingerprint density at radius 3 is 2.38 bits per heavy atom. The van der Waals surface area contributed by atoms with Gasteiger partial charge in [-0.25, -0.2) is 9.97 Å². The zero-order valence-electron chi connectivity index (χ0n) is 24.9. The highest BCUT2D eigenvalue weighted by molar-refractivity contribution is 6.41. The molecule has 13 heteroatoms. The highest BCUT2D eigenvalue weighted by Crippen LogP contribution is 2.47. The van der Waals surface area contributed by atoms with Gasteiger partial charge in [0.15, 0.2) is 11.4 Å². The van der Waals surface area contributed by atoms with Crippen molar-refractivity contribution in [2.45, 2.75) is 6.42 Å². The molecule has 0 radical (unpaired) electrons. The minimum Gasteiger partial charge on any atom is -0.495 e. The molecule has 0 unspecified atom stereocenters. The first-order chi connectivity index (χ1) is 21.9.